The molecule has 0 spiro atoms. The first-order valence-corrected chi connectivity index (χ1v) is 10.4. The van der Waals surface area contributed by atoms with Gasteiger partial charge in [0.1, 0.15) is 29.7 Å². The number of nitrogens with zero attached hydrogens (tertiary/aromatic N) is 2. The average molecular weight is 536 g/mol. The summed E-state index contributed by atoms with van der Waals surface area (Å²) in [6.45, 7) is 0.0589. The Morgan fingerprint density at radius 3 is 2.65 bits per heavy atom. The highest BCUT2D eigenvalue weighted by molar-refractivity contribution is 14.1. The lowest BCUT2D eigenvalue weighted by Crippen LogP contribution is -2.17. The topological polar surface area (TPSA) is 116 Å². The summed E-state index contributed by atoms with van der Waals surface area (Å²) in [7, 11) is 0. The molecule has 0 unspecified atom stereocenters. The van der Waals surface area contributed by atoms with Crippen molar-refractivity contribution in [1.29, 1.82) is 0 Å². The second-order valence-corrected chi connectivity index (χ2v) is 7.92. The molecular formula is C21H18FIN4O4. The molecule has 0 saturated carbocycles. The second kappa shape index (κ2) is 8.94. The van der Waals surface area contributed by atoms with Gasteiger partial charge in [-0.3, -0.25) is 4.57 Å². The van der Waals surface area contributed by atoms with Crippen LogP contribution in [0.4, 0.5) is 4.39 Å². The molecule has 2 heterocycles. The van der Waals surface area contributed by atoms with E-state index >= 15 is 0 Å². The minimum absolute atomic E-state index is 0.0230. The van der Waals surface area contributed by atoms with Crippen molar-refractivity contribution in [2.75, 3.05) is 13.2 Å². The second-order valence-electron chi connectivity index (χ2n) is 6.68. The van der Waals surface area contributed by atoms with Crippen LogP contribution in [0.25, 0.3) is 22.5 Å². The molecule has 8 nitrogen and oxygen atoms in total. The van der Waals surface area contributed by atoms with E-state index in [0.29, 0.717) is 28.4 Å². The molecule has 0 aliphatic carbocycles. The van der Waals surface area contributed by atoms with E-state index in [-0.39, 0.29) is 37.1 Å². The zero-order valence-corrected chi connectivity index (χ0v) is 18.3. The normalized spacial score (nSPS) is 11.1. The molecular weight excluding hydrogens is 518 g/mol. The van der Waals surface area contributed by atoms with Gasteiger partial charge in [0.2, 0.25) is 5.88 Å². The number of aromatic amines is 2. The van der Waals surface area contributed by atoms with Crippen LogP contribution in [0.2, 0.25) is 0 Å². The largest absolute Gasteiger partial charge is 0.493 e. The smallest absolute Gasteiger partial charge is 0.329 e. The van der Waals surface area contributed by atoms with Crippen LogP contribution in [-0.4, -0.2) is 42.9 Å². The summed E-state index contributed by atoms with van der Waals surface area (Å²) < 4.78 is 21.4. The summed E-state index contributed by atoms with van der Waals surface area (Å²) in [5.41, 5.74) is 1.19. The van der Waals surface area contributed by atoms with Gasteiger partial charge in [0, 0.05) is 14.7 Å². The predicted molar refractivity (Wildman–Crippen MR) is 121 cm³/mol. The number of aliphatic hydroxyl groups is 1. The van der Waals surface area contributed by atoms with Crippen LogP contribution in [0.5, 0.6) is 11.6 Å². The fourth-order valence-electron chi connectivity index (χ4n) is 3.13. The van der Waals surface area contributed by atoms with Gasteiger partial charge in [-0.05, 0) is 65.1 Å². The van der Waals surface area contributed by atoms with Crippen molar-refractivity contribution >= 4 is 22.6 Å². The van der Waals surface area contributed by atoms with E-state index in [1.807, 2.05) is 22.6 Å². The first-order valence-electron chi connectivity index (χ1n) is 9.31. The Morgan fingerprint density at radius 1 is 1.16 bits per heavy atom. The lowest BCUT2D eigenvalue weighted by molar-refractivity contribution is 0.201. The highest BCUT2D eigenvalue weighted by Crippen LogP contribution is 2.28. The fraction of sp³-hybridized carbons (Fsp3) is 0.143. The van der Waals surface area contributed by atoms with Gasteiger partial charge < -0.3 is 24.9 Å². The SMILES string of the molecule is O=c1[nH]c(-c2ccc(OCCO)cc2)c(O)n1Cc1ncc(-c2ccc(I)cc2F)[nH]1. The van der Waals surface area contributed by atoms with E-state index in [4.69, 9.17) is 9.84 Å². The van der Waals surface area contributed by atoms with Gasteiger partial charge in [-0.2, -0.15) is 0 Å². The van der Waals surface area contributed by atoms with Crippen molar-refractivity contribution in [3.8, 4) is 34.1 Å². The van der Waals surface area contributed by atoms with Crippen molar-refractivity contribution in [2.45, 2.75) is 6.54 Å². The van der Waals surface area contributed by atoms with Gasteiger partial charge >= 0.3 is 5.69 Å². The summed E-state index contributed by atoms with van der Waals surface area (Å²) in [4.78, 5) is 22.3. The standard InChI is InChI=1S/C21H18FIN4O4/c22-16-9-13(23)3-6-15(16)17-10-24-18(25-17)11-27-20(29)19(26-21(27)30)12-1-4-14(5-2-12)31-8-7-28/h1-6,9-10,28-29H,7-8,11H2,(H,24,25)(H,26,30). The molecule has 4 rings (SSSR count). The van der Waals surface area contributed by atoms with E-state index in [9.17, 15) is 14.3 Å². The van der Waals surface area contributed by atoms with Crippen LogP contribution >= 0.6 is 22.6 Å². The highest BCUT2D eigenvalue weighted by Gasteiger charge is 2.17. The maximum absolute atomic E-state index is 14.2. The predicted octanol–water partition coefficient (Wildman–Crippen LogP) is 3.10. The molecule has 0 bridgehead atoms. The molecule has 0 radical (unpaired) electrons. The average Bonchev–Trinajstić information content (AvgIpc) is 3.33. The summed E-state index contributed by atoms with van der Waals surface area (Å²) in [5, 5.41) is 19.4. The summed E-state index contributed by atoms with van der Waals surface area (Å²) in [6.07, 6.45) is 1.49. The van der Waals surface area contributed by atoms with Gasteiger partial charge in [-0.1, -0.05) is 0 Å². The Kier molecular flexibility index (Phi) is 6.09. The summed E-state index contributed by atoms with van der Waals surface area (Å²) in [5.74, 6) is 0.332. The van der Waals surface area contributed by atoms with Gasteiger partial charge in [0.05, 0.1) is 25.0 Å². The van der Waals surface area contributed by atoms with Crippen LogP contribution in [0.3, 0.4) is 0 Å². The number of H-pyrrole nitrogens is 2. The van der Waals surface area contributed by atoms with Crippen LogP contribution in [0.15, 0.2) is 53.5 Å². The van der Waals surface area contributed by atoms with E-state index in [1.54, 1.807) is 36.4 Å². The lowest BCUT2D eigenvalue weighted by atomic mass is 10.1. The van der Waals surface area contributed by atoms with Crippen LogP contribution in [-0.2, 0) is 6.54 Å². The third-order valence-electron chi connectivity index (χ3n) is 4.62. The molecule has 0 aliphatic heterocycles. The van der Waals surface area contributed by atoms with Gasteiger partial charge in [0.25, 0.3) is 0 Å². The first-order chi connectivity index (χ1) is 15.0. The Balaban J connectivity index is 1.57. The van der Waals surface area contributed by atoms with Crippen molar-refractivity contribution in [3.63, 3.8) is 0 Å². The minimum Gasteiger partial charge on any atom is -0.493 e. The van der Waals surface area contributed by atoms with Crippen LogP contribution in [0, 0.1) is 9.39 Å². The molecule has 0 saturated heterocycles. The Hall–Kier alpha value is -3.12. The molecule has 2 aromatic heterocycles. The molecule has 0 atom stereocenters. The first kappa shape index (κ1) is 21.1. The molecule has 2 aromatic carbocycles. The van der Waals surface area contributed by atoms with E-state index in [1.165, 1.54) is 12.3 Å². The third-order valence-corrected chi connectivity index (χ3v) is 5.29. The quantitative estimate of drug-likeness (QED) is 0.271. The number of benzene rings is 2. The number of hydrogen-bond acceptors (Lipinski definition) is 5. The van der Waals surface area contributed by atoms with Crippen molar-refractivity contribution in [3.05, 3.63) is 74.4 Å². The molecule has 4 N–H and O–H groups in total. The maximum Gasteiger partial charge on any atom is 0.329 e. The number of aromatic nitrogens is 4. The van der Waals surface area contributed by atoms with Crippen LogP contribution in [0.1, 0.15) is 5.82 Å². The van der Waals surface area contributed by atoms with Crippen molar-refractivity contribution < 1.29 is 19.3 Å². The Morgan fingerprint density at radius 2 is 1.94 bits per heavy atom. The summed E-state index contributed by atoms with van der Waals surface area (Å²) in [6, 6.07) is 11.6. The van der Waals surface area contributed by atoms with Gasteiger partial charge in [0.15, 0.2) is 0 Å². The molecule has 10 heteroatoms. The molecule has 4 aromatic rings. The molecule has 0 fully saturated rings. The van der Waals surface area contributed by atoms with Crippen LogP contribution < -0.4 is 10.4 Å². The number of nitrogens with one attached hydrogen (secondary N) is 2. The third kappa shape index (κ3) is 4.49. The van der Waals surface area contributed by atoms with E-state index < -0.39 is 5.69 Å². The zero-order valence-electron chi connectivity index (χ0n) is 16.1. The van der Waals surface area contributed by atoms with Gasteiger partial charge in [-0.25, -0.2) is 14.2 Å². The van der Waals surface area contributed by atoms with E-state index in [2.05, 4.69) is 15.0 Å². The number of hydrogen-bond donors (Lipinski definition) is 4. The molecule has 0 aliphatic rings. The Bertz CT molecular complexity index is 1260. The lowest BCUT2D eigenvalue weighted by Gasteiger charge is -2.06. The zero-order chi connectivity index (χ0) is 22.0. The highest BCUT2D eigenvalue weighted by atomic mass is 127. The Labute approximate surface area is 189 Å². The fourth-order valence-corrected chi connectivity index (χ4v) is 3.58. The number of rotatable bonds is 7. The number of aliphatic hydroxyl groups excluding tert-OH is 1. The number of halogens is 2. The van der Waals surface area contributed by atoms with Crippen molar-refractivity contribution in [2.24, 2.45) is 0 Å². The van der Waals surface area contributed by atoms with Gasteiger partial charge in [-0.15, -0.1) is 0 Å². The molecule has 160 valence electrons. The van der Waals surface area contributed by atoms with E-state index in [0.717, 1.165) is 8.14 Å². The number of imidazole rings is 2. The van der Waals surface area contributed by atoms with Crippen molar-refractivity contribution in [1.82, 2.24) is 19.5 Å². The monoisotopic (exact) mass is 536 g/mol. The number of aromatic hydroxyl groups is 1. The maximum atomic E-state index is 14.2. The minimum atomic E-state index is -0.508. The summed E-state index contributed by atoms with van der Waals surface area (Å²) >= 11 is 2.03. The molecule has 0 amide bonds. The molecule has 31 heavy (non-hydrogen) atoms. The number of ether oxygens (including phenoxy) is 1.